The van der Waals surface area contributed by atoms with E-state index in [9.17, 15) is 14.3 Å². The summed E-state index contributed by atoms with van der Waals surface area (Å²) in [7, 11) is 0. The molecule has 0 aliphatic rings. The van der Waals surface area contributed by atoms with Crippen LogP contribution in [-0.4, -0.2) is 16.1 Å². The van der Waals surface area contributed by atoms with Crippen LogP contribution in [0.4, 0.5) is 4.39 Å². The van der Waals surface area contributed by atoms with Gasteiger partial charge in [0.25, 0.3) is 0 Å². The second-order valence-corrected chi connectivity index (χ2v) is 6.64. The second kappa shape index (κ2) is 7.24. The molecule has 3 aromatic carbocycles. The largest absolute Gasteiger partial charge is 0.478 e. The highest BCUT2D eigenvalue weighted by Crippen LogP contribution is 2.32. The van der Waals surface area contributed by atoms with Crippen LogP contribution in [0.3, 0.4) is 0 Å². The molecule has 0 atom stereocenters. The van der Waals surface area contributed by atoms with E-state index in [4.69, 9.17) is 0 Å². The summed E-state index contributed by atoms with van der Waals surface area (Å²) in [6, 6.07) is 19.7. The van der Waals surface area contributed by atoms with Gasteiger partial charge in [-0.25, -0.2) is 9.18 Å². The highest BCUT2D eigenvalue weighted by atomic mass is 19.1. The number of hydrogen-bond acceptors (Lipinski definition) is 2. The number of aryl methyl sites for hydroxylation is 1. The highest BCUT2D eigenvalue weighted by Gasteiger charge is 2.12. The summed E-state index contributed by atoms with van der Waals surface area (Å²) >= 11 is 0. The molecule has 0 saturated carbocycles. The molecule has 0 radical (unpaired) electrons. The summed E-state index contributed by atoms with van der Waals surface area (Å²) in [6.45, 7) is 1.94. The van der Waals surface area contributed by atoms with Crippen LogP contribution in [0.15, 0.2) is 72.9 Å². The third-order valence-corrected chi connectivity index (χ3v) is 4.91. The lowest BCUT2D eigenvalue weighted by atomic mass is 9.94. The first-order valence-electron chi connectivity index (χ1n) is 9.08. The van der Waals surface area contributed by atoms with Crippen molar-refractivity contribution in [3.63, 3.8) is 0 Å². The molecule has 0 amide bonds. The normalized spacial score (nSPS) is 10.9. The molecule has 0 fully saturated rings. The molecule has 138 valence electrons. The Hall–Kier alpha value is -3.53. The van der Waals surface area contributed by atoms with Gasteiger partial charge in [0.15, 0.2) is 0 Å². The zero-order valence-electron chi connectivity index (χ0n) is 15.3. The SMILES string of the molecule is CCc1cc(-c2cccc3ncc(-c4cccc(F)c4)cc23)ccc1C(=O)O. The van der Waals surface area contributed by atoms with E-state index < -0.39 is 5.97 Å². The summed E-state index contributed by atoms with van der Waals surface area (Å²) in [5.41, 5.74) is 5.44. The zero-order valence-corrected chi connectivity index (χ0v) is 15.3. The van der Waals surface area contributed by atoms with E-state index in [0.717, 1.165) is 38.7 Å². The molecule has 0 saturated heterocycles. The van der Waals surface area contributed by atoms with Crippen LogP contribution in [0, 0.1) is 5.82 Å². The van der Waals surface area contributed by atoms with Crippen molar-refractivity contribution in [3.05, 3.63) is 89.9 Å². The number of carbonyl (C=O) groups is 1. The van der Waals surface area contributed by atoms with Crippen molar-refractivity contribution >= 4 is 16.9 Å². The zero-order chi connectivity index (χ0) is 19.7. The number of nitrogens with zero attached hydrogens (tertiary/aromatic N) is 1. The van der Waals surface area contributed by atoms with Crippen molar-refractivity contribution in [2.45, 2.75) is 13.3 Å². The molecule has 1 N–H and O–H groups in total. The quantitative estimate of drug-likeness (QED) is 0.481. The molecule has 0 unspecified atom stereocenters. The number of halogens is 1. The van der Waals surface area contributed by atoms with Gasteiger partial charge >= 0.3 is 5.97 Å². The standard InChI is InChI=1S/C24H18FNO2/c1-2-15-11-17(9-10-21(15)24(27)28)20-7-4-8-23-22(20)13-18(14-26-23)16-5-3-6-19(25)12-16/h3-14H,2H2,1H3,(H,27,28). The second-order valence-electron chi connectivity index (χ2n) is 6.64. The smallest absolute Gasteiger partial charge is 0.335 e. The fourth-order valence-electron chi connectivity index (χ4n) is 3.49. The predicted molar refractivity (Wildman–Crippen MR) is 109 cm³/mol. The Labute approximate surface area is 162 Å². The van der Waals surface area contributed by atoms with Crippen molar-refractivity contribution in [1.29, 1.82) is 0 Å². The van der Waals surface area contributed by atoms with Crippen molar-refractivity contribution in [2.75, 3.05) is 0 Å². The number of rotatable bonds is 4. The first-order chi connectivity index (χ1) is 13.6. The van der Waals surface area contributed by atoms with Gasteiger partial charge in [0.05, 0.1) is 11.1 Å². The molecule has 1 heterocycles. The minimum Gasteiger partial charge on any atom is -0.478 e. The average molecular weight is 371 g/mol. The van der Waals surface area contributed by atoms with Crippen LogP contribution in [0.5, 0.6) is 0 Å². The molecule has 28 heavy (non-hydrogen) atoms. The fraction of sp³-hybridized carbons (Fsp3) is 0.0833. The molecule has 4 heteroatoms. The lowest BCUT2D eigenvalue weighted by molar-refractivity contribution is 0.0695. The molecular formula is C24H18FNO2. The van der Waals surface area contributed by atoms with Gasteiger partial charge in [-0.1, -0.05) is 43.3 Å². The van der Waals surface area contributed by atoms with Crippen LogP contribution in [0.1, 0.15) is 22.8 Å². The minimum absolute atomic E-state index is 0.289. The van der Waals surface area contributed by atoms with Crippen LogP contribution >= 0.6 is 0 Å². The van der Waals surface area contributed by atoms with E-state index in [1.54, 1.807) is 18.3 Å². The van der Waals surface area contributed by atoms with Crippen LogP contribution < -0.4 is 0 Å². The average Bonchev–Trinajstić information content (AvgIpc) is 2.72. The maximum absolute atomic E-state index is 13.6. The maximum Gasteiger partial charge on any atom is 0.335 e. The summed E-state index contributed by atoms with van der Waals surface area (Å²) < 4.78 is 13.6. The predicted octanol–water partition coefficient (Wildman–Crippen LogP) is 5.97. The Morgan fingerprint density at radius 1 is 0.964 bits per heavy atom. The van der Waals surface area contributed by atoms with E-state index in [1.165, 1.54) is 12.1 Å². The Balaban J connectivity index is 1.90. The van der Waals surface area contributed by atoms with Crippen LogP contribution in [0.2, 0.25) is 0 Å². The number of aromatic nitrogens is 1. The van der Waals surface area contributed by atoms with Gasteiger partial charge in [-0.15, -0.1) is 0 Å². The summed E-state index contributed by atoms with van der Waals surface area (Å²) in [6.07, 6.45) is 2.37. The molecule has 0 bridgehead atoms. The lowest BCUT2D eigenvalue weighted by Gasteiger charge is -2.11. The van der Waals surface area contributed by atoms with Gasteiger partial charge in [-0.3, -0.25) is 4.98 Å². The maximum atomic E-state index is 13.6. The molecule has 4 aromatic rings. The number of pyridine rings is 1. The molecule has 0 aliphatic heterocycles. The molecule has 3 nitrogen and oxygen atoms in total. The van der Waals surface area contributed by atoms with Crippen molar-refractivity contribution in [3.8, 4) is 22.3 Å². The van der Waals surface area contributed by atoms with Crippen molar-refractivity contribution in [1.82, 2.24) is 4.98 Å². The number of aromatic carboxylic acids is 1. The summed E-state index contributed by atoms with van der Waals surface area (Å²) in [4.78, 5) is 16.0. The van der Waals surface area contributed by atoms with Gasteiger partial charge in [0.1, 0.15) is 5.82 Å². The van der Waals surface area contributed by atoms with Crippen molar-refractivity contribution in [2.24, 2.45) is 0 Å². The van der Waals surface area contributed by atoms with Crippen LogP contribution in [0.25, 0.3) is 33.2 Å². The van der Waals surface area contributed by atoms with E-state index in [0.29, 0.717) is 12.0 Å². The number of benzene rings is 3. The third-order valence-electron chi connectivity index (χ3n) is 4.91. The monoisotopic (exact) mass is 371 g/mol. The molecule has 4 rings (SSSR count). The van der Waals surface area contributed by atoms with Crippen molar-refractivity contribution < 1.29 is 14.3 Å². The topological polar surface area (TPSA) is 50.2 Å². The Morgan fingerprint density at radius 3 is 2.54 bits per heavy atom. The Morgan fingerprint density at radius 2 is 1.79 bits per heavy atom. The minimum atomic E-state index is -0.920. The van der Waals surface area contributed by atoms with E-state index in [2.05, 4.69) is 4.98 Å². The van der Waals surface area contributed by atoms with E-state index in [-0.39, 0.29) is 5.82 Å². The van der Waals surface area contributed by atoms with Gasteiger partial charge in [0, 0.05) is 17.1 Å². The third kappa shape index (κ3) is 3.25. The first kappa shape index (κ1) is 17.9. The fourth-order valence-corrected chi connectivity index (χ4v) is 3.49. The Bertz CT molecular complexity index is 1200. The number of hydrogen-bond donors (Lipinski definition) is 1. The number of fused-ring (bicyclic) bond motifs is 1. The summed E-state index contributed by atoms with van der Waals surface area (Å²) in [5, 5.41) is 10.3. The van der Waals surface area contributed by atoms with Gasteiger partial charge in [-0.05, 0) is 59.0 Å². The Kier molecular flexibility index (Phi) is 4.62. The summed E-state index contributed by atoms with van der Waals surface area (Å²) in [5.74, 6) is -1.21. The molecular weight excluding hydrogens is 353 g/mol. The number of carboxylic acids is 1. The number of carboxylic acid groups (broad SMARTS) is 1. The highest BCUT2D eigenvalue weighted by molar-refractivity contribution is 5.98. The van der Waals surface area contributed by atoms with E-state index >= 15 is 0 Å². The van der Waals surface area contributed by atoms with Gasteiger partial charge in [-0.2, -0.15) is 0 Å². The van der Waals surface area contributed by atoms with Gasteiger partial charge in [0.2, 0.25) is 0 Å². The molecule has 0 spiro atoms. The molecule has 1 aromatic heterocycles. The first-order valence-corrected chi connectivity index (χ1v) is 9.08. The molecule has 0 aliphatic carbocycles. The van der Waals surface area contributed by atoms with E-state index in [1.807, 2.05) is 49.4 Å². The lowest BCUT2D eigenvalue weighted by Crippen LogP contribution is -2.01. The van der Waals surface area contributed by atoms with Gasteiger partial charge < -0.3 is 5.11 Å². The van der Waals surface area contributed by atoms with Crippen LogP contribution in [-0.2, 0) is 6.42 Å².